The van der Waals surface area contributed by atoms with Crippen LogP contribution >= 0.6 is 23.4 Å². The maximum absolute atomic E-state index is 13.1. The second-order valence-corrected chi connectivity index (χ2v) is 11.7. The van der Waals surface area contributed by atoms with Gasteiger partial charge < -0.3 is 41.9 Å². The molecule has 0 saturated carbocycles. The Morgan fingerprint density at radius 2 is 1.98 bits per heavy atom. The lowest BCUT2D eigenvalue weighted by atomic mass is 9.98. The van der Waals surface area contributed by atoms with Crippen LogP contribution in [-0.2, 0) is 36.1 Å². The summed E-state index contributed by atoms with van der Waals surface area (Å²) in [5.41, 5.74) is 4.02. The number of aromatic hydroxyl groups is 1. The summed E-state index contributed by atoms with van der Waals surface area (Å²) >= 11 is 6.99. The molecule has 0 aliphatic carbocycles. The molecule has 0 aromatic carbocycles. The fourth-order valence-corrected chi connectivity index (χ4v) is 5.55. The normalized spacial score (nSPS) is 22.9. The third-order valence-electron chi connectivity index (χ3n) is 5.61. The number of rotatable bonds is 11. The van der Waals surface area contributed by atoms with Gasteiger partial charge in [-0.15, -0.1) is 11.6 Å². The first kappa shape index (κ1) is 32.2. The predicted molar refractivity (Wildman–Crippen MR) is 142 cm³/mol. The van der Waals surface area contributed by atoms with Gasteiger partial charge in [0.1, 0.15) is 16.8 Å². The van der Waals surface area contributed by atoms with Crippen LogP contribution in [0.5, 0.6) is 5.75 Å². The van der Waals surface area contributed by atoms with E-state index in [-0.39, 0.29) is 15.2 Å². The van der Waals surface area contributed by atoms with E-state index in [1.807, 2.05) is 0 Å². The maximum atomic E-state index is 13.1. The van der Waals surface area contributed by atoms with Crippen LogP contribution in [0, 0.1) is 0 Å². The molecule has 5 atom stereocenters. The second-order valence-electron chi connectivity index (χ2n) is 8.50. The van der Waals surface area contributed by atoms with Crippen molar-refractivity contribution in [3.8, 4) is 5.75 Å². The molecule has 0 bridgehead atoms. The number of carbonyl (C=O) groups excluding carboxylic acids is 3. The molecular formula is C19H23ClN8O12S2. The molecule has 3 heterocycles. The Morgan fingerprint density at radius 1 is 1.31 bits per heavy atom. The number of amidine groups is 1. The van der Waals surface area contributed by atoms with Crippen molar-refractivity contribution in [2.45, 2.75) is 42.4 Å². The van der Waals surface area contributed by atoms with Gasteiger partial charge in [-0.2, -0.15) is 13.1 Å². The summed E-state index contributed by atoms with van der Waals surface area (Å²) < 4.78 is 32.4. The lowest BCUT2D eigenvalue weighted by Crippen LogP contribution is -2.75. The number of aliphatic carboxylic acids is 1. The number of oxime groups is 1. The molecule has 20 nitrogen and oxygen atoms in total. The lowest BCUT2D eigenvalue weighted by Gasteiger charge is -2.44. The summed E-state index contributed by atoms with van der Waals surface area (Å²) in [5.74, 6) is -4.66. The fraction of sp³-hybridized carbons (Fsp3) is 0.421. The highest BCUT2D eigenvalue weighted by molar-refractivity contribution is 8.15. The lowest BCUT2D eigenvalue weighted by molar-refractivity contribution is -0.149. The molecule has 1 aromatic heterocycles. The van der Waals surface area contributed by atoms with Crippen molar-refractivity contribution in [2.24, 2.45) is 15.9 Å². The number of halogens is 1. The Labute approximate surface area is 244 Å². The van der Waals surface area contributed by atoms with Crippen LogP contribution in [0.2, 0.25) is 0 Å². The summed E-state index contributed by atoms with van der Waals surface area (Å²) in [7, 11) is -5.15. The van der Waals surface area contributed by atoms with Crippen molar-refractivity contribution in [2.75, 3.05) is 6.54 Å². The molecular weight excluding hydrogens is 632 g/mol. The minimum atomic E-state index is -5.15. The van der Waals surface area contributed by atoms with Crippen LogP contribution in [0.3, 0.4) is 0 Å². The van der Waals surface area contributed by atoms with Gasteiger partial charge in [0.2, 0.25) is 11.5 Å². The average molecular weight is 655 g/mol. The number of urea groups is 1. The quantitative estimate of drug-likeness (QED) is 0.0293. The van der Waals surface area contributed by atoms with Crippen LogP contribution in [0.1, 0.15) is 12.6 Å². The number of carboxylic acid groups (broad SMARTS) is 1. The number of nitrogens with one attached hydrogen (secondary N) is 3. The van der Waals surface area contributed by atoms with E-state index in [0.29, 0.717) is 10.9 Å². The highest BCUT2D eigenvalue weighted by Crippen LogP contribution is 2.30. The third-order valence-corrected chi connectivity index (χ3v) is 7.90. The van der Waals surface area contributed by atoms with Crippen molar-refractivity contribution in [1.29, 1.82) is 0 Å². The average Bonchev–Trinajstić information content (AvgIpc) is 3.22. The van der Waals surface area contributed by atoms with Crippen LogP contribution in [0.25, 0.3) is 0 Å². The minimum absolute atomic E-state index is 0.00464. The SMILES string of the molecule is C[C@H](O/N=C(\C(=O)N[C@@H]1C(=O)N(S(=O)(=O)O)[C@@H]1CNC(=O)NCc1cc(=O)c(O)cn1O)C1N=C(N)SC1Cl)C(=O)O. The molecule has 42 heavy (non-hydrogen) atoms. The number of β-lactam (4-membered cyclic amide) rings is 1. The summed E-state index contributed by atoms with van der Waals surface area (Å²) in [6, 6.07) is -4.66. The van der Waals surface area contributed by atoms with Gasteiger partial charge in [-0.05, 0) is 6.92 Å². The van der Waals surface area contributed by atoms with Gasteiger partial charge in [0.05, 0.1) is 24.5 Å². The van der Waals surface area contributed by atoms with E-state index in [0.717, 1.165) is 24.8 Å². The van der Waals surface area contributed by atoms with Gasteiger partial charge in [-0.3, -0.25) is 23.9 Å². The maximum Gasteiger partial charge on any atom is 0.362 e. The summed E-state index contributed by atoms with van der Waals surface area (Å²) in [4.78, 5) is 69.3. The first-order chi connectivity index (χ1) is 19.5. The monoisotopic (exact) mass is 654 g/mol. The largest absolute Gasteiger partial charge is 0.503 e. The molecule has 230 valence electrons. The molecule has 1 saturated heterocycles. The number of pyridine rings is 1. The Morgan fingerprint density at radius 3 is 2.55 bits per heavy atom. The van der Waals surface area contributed by atoms with E-state index in [2.05, 4.69) is 26.1 Å². The van der Waals surface area contributed by atoms with Crippen molar-refractivity contribution < 1.29 is 52.4 Å². The number of thioether (sulfide) groups is 1. The van der Waals surface area contributed by atoms with Crippen LogP contribution < -0.4 is 27.1 Å². The zero-order chi connectivity index (χ0) is 31.5. The molecule has 1 fully saturated rings. The van der Waals surface area contributed by atoms with Crippen molar-refractivity contribution >= 4 is 68.4 Å². The molecule has 0 spiro atoms. The van der Waals surface area contributed by atoms with Gasteiger partial charge in [-0.25, -0.2) is 13.9 Å². The highest BCUT2D eigenvalue weighted by Gasteiger charge is 2.54. The van der Waals surface area contributed by atoms with E-state index < -0.39 is 93.0 Å². The fourth-order valence-electron chi connectivity index (χ4n) is 3.50. The molecule has 9 N–H and O–H groups in total. The third kappa shape index (κ3) is 7.32. The van der Waals surface area contributed by atoms with E-state index in [9.17, 15) is 47.3 Å². The molecule has 2 aliphatic rings. The van der Waals surface area contributed by atoms with Gasteiger partial charge in [0.15, 0.2) is 16.6 Å². The molecule has 4 amide bonds. The van der Waals surface area contributed by atoms with Crippen molar-refractivity contribution in [1.82, 2.24) is 25.0 Å². The van der Waals surface area contributed by atoms with Gasteiger partial charge in [0, 0.05) is 12.6 Å². The van der Waals surface area contributed by atoms with Crippen LogP contribution in [-0.4, -0.2) is 108 Å². The molecule has 2 aliphatic heterocycles. The molecule has 23 heteroatoms. The number of alkyl halides is 1. The number of nitrogens with two attached hydrogens (primary N) is 1. The summed E-state index contributed by atoms with van der Waals surface area (Å²) in [5, 5.41) is 38.1. The Bertz CT molecular complexity index is 1520. The second kappa shape index (κ2) is 12.7. The Balaban J connectivity index is 1.74. The van der Waals surface area contributed by atoms with Gasteiger partial charge in [-0.1, -0.05) is 16.9 Å². The van der Waals surface area contributed by atoms with Gasteiger partial charge >= 0.3 is 22.3 Å². The first-order valence-corrected chi connectivity index (χ1v) is 14.1. The number of carboxylic acids is 1. The number of carbonyl (C=O) groups is 4. The standard InChI is InChI=1S/C19H23ClN8O12S2/c1-6(17(33)34)40-26-13(12-14(20)41-18(21)25-12)15(31)24-11-8(28(16(11)32)42(37,38)39)4-23-19(35)22-3-7-2-9(29)10(30)5-27(7)36/h2,5-6,8,11-12,14,30,36H,3-4H2,1H3,(H2,21,25)(H,24,31)(H,33,34)(H2,22,23,35)(H,37,38,39)/b26-13-/t6-,8+,11-,12?,14?/m0/s1. The van der Waals surface area contributed by atoms with E-state index >= 15 is 0 Å². The molecule has 2 unspecified atom stereocenters. The molecule has 3 rings (SSSR count). The highest BCUT2D eigenvalue weighted by atomic mass is 35.5. The number of amides is 4. The Hall–Kier alpha value is -4.28. The number of hydrogen-bond acceptors (Lipinski definition) is 14. The molecule has 1 aromatic rings. The van der Waals surface area contributed by atoms with E-state index in [4.69, 9.17) is 27.3 Å². The zero-order valence-corrected chi connectivity index (χ0v) is 23.5. The predicted octanol–water partition coefficient (Wildman–Crippen LogP) is -3.07. The van der Waals surface area contributed by atoms with Crippen molar-refractivity contribution in [3.05, 3.63) is 28.2 Å². The zero-order valence-electron chi connectivity index (χ0n) is 21.1. The Kier molecular flexibility index (Phi) is 9.75. The first-order valence-electron chi connectivity index (χ1n) is 11.4. The van der Waals surface area contributed by atoms with Crippen LogP contribution in [0.15, 0.2) is 27.2 Å². The summed E-state index contributed by atoms with van der Waals surface area (Å²) in [6.07, 6.45) is -0.828. The molecule has 0 radical (unpaired) electrons. The number of nitrogens with zero attached hydrogens (tertiary/aromatic N) is 4. The number of aromatic nitrogens is 1. The van der Waals surface area contributed by atoms with Crippen LogP contribution in [0.4, 0.5) is 4.79 Å². The van der Waals surface area contributed by atoms with Gasteiger partial charge in [0.25, 0.3) is 11.8 Å². The smallest absolute Gasteiger partial charge is 0.362 e. The topological polar surface area (TPSA) is 305 Å². The van der Waals surface area contributed by atoms with Crippen molar-refractivity contribution in [3.63, 3.8) is 0 Å². The van der Waals surface area contributed by atoms with E-state index in [1.54, 1.807) is 0 Å². The minimum Gasteiger partial charge on any atom is -0.503 e. The number of aliphatic imine (C=N–C) groups is 1. The number of hydrogen-bond donors (Lipinski definition) is 8. The summed E-state index contributed by atoms with van der Waals surface area (Å²) in [6.45, 7) is 0.000283. The van der Waals surface area contributed by atoms with E-state index in [1.165, 1.54) is 0 Å².